The van der Waals surface area contributed by atoms with Gasteiger partial charge in [-0.2, -0.15) is 0 Å². The third-order valence-corrected chi connectivity index (χ3v) is 1.48. The van der Waals surface area contributed by atoms with E-state index >= 15 is 0 Å². The Morgan fingerprint density at radius 3 is 2.75 bits per heavy atom. The number of terminal acetylenes is 1. The maximum atomic E-state index is 5.04. The summed E-state index contributed by atoms with van der Waals surface area (Å²) in [6.45, 7) is 0.479. The third-order valence-electron chi connectivity index (χ3n) is 1.48. The first-order valence-electron chi connectivity index (χ1n) is 3.89. The normalized spacial score (nSPS) is 9.92. The van der Waals surface area contributed by atoms with Crippen molar-refractivity contribution < 1.29 is 0 Å². The van der Waals surface area contributed by atoms with E-state index in [-0.39, 0.29) is 0 Å². The van der Waals surface area contributed by atoms with Gasteiger partial charge in [0.05, 0.1) is 6.54 Å². The molecule has 0 atom stereocenters. The molecule has 1 aromatic carbocycles. The maximum absolute atomic E-state index is 5.04. The zero-order valence-corrected chi connectivity index (χ0v) is 6.90. The molecule has 0 aromatic heterocycles. The fourth-order valence-electron chi connectivity index (χ4n) is 0.901. The fraction of sp³-hybridized carbons (Fsp3) is 0.182. The van der Waals surface area contributed by atoms with Crippen molar-refractivity contribution in [3.8, 4) is 12.3 Å². The third kappa shape index (κ3) is 3.03. The molecule has 0 N–H and O–H groups in total. The van der Waals surface area contributed by atoms with E-state index in [9.17, 15) is 0 Å². The Hall–Kier alpha value is -1.55. The van der Waals surface area contributed by atoms with Crippen molar-refractivity contribution in [2.75, 3.05) is 6.54 Å². The molecule has 60 valence electrons. The van der Waals surface area contributed by atoms with Gasteiger partial charge in [0, 0.05) is 12.6 Å². The monoisotopic (exact) mass is 157 g/mol. The number of benzene rings is 1. The molecule has 0 aliphatic heterocycles. The minimum absolute atomic E-state index is 0.479. The summed E-state index contributed by atoms with van der Waals surface area (Å²) in [6.07, 6.45) is 7.76. The van der Waals surface area contributed by atoms with E-state index in [1.54, 1.807) is 0 Å². The summed E-state index contributed by atoms with van der Waals surface area (Å²) in [6, 6.07) is 10.2. The smallest absolute Gasteiger partial charge is 0.0991 e. The topological polar surface area (TPSA) is 12.4 Å². The SMILES string of the molecule is C#CCN=CCc1ccccc1. The molecular weight excluding hydrogens is 146 g/mol. The second-order valence-electron chi connectivity index (χ2n) is 2.42. The number of hydrogen-bond acceptors (Lipinski definition) is 1. The van der Waals surface area contributed by atoms with Crippen LogP contribution >= 0.6 is 0 Å². The van der Waals surface area contributed by atoms with Gasteiger partial charge in [-0.15, -0.1) is 6.42 Å². The molecule has 1 rings (SSSR count). The lowest BCUT2D eigenvalue weighted by atomic mass is 10.2. The van der Waals surface area contributed by atoms with Gasteiger partial charge in [0.25, 0.3) is 0 Å². The Balaban J connectivity index is 2.39. The molecule has 0 heterocycles. The maximum Gasteiger partial charge on any atom is 0.0991 e. The molecule has 0 aliphatic rings. The molecule has 0 spiro atoms. The van der Waals surface area contributed by atoms with E-state index in [2.05, 4.69) is 23.0 Å². The van der Waals surface area contributed by atoms with Gasteiger partial charge >= 0.3 is 0 Å². The summed E-state index contributed by atoms with van der Waals surface area (Å²) in [5.41, 5.74) is 1.26. The molecule has 0 fully saturated rings. The van der Waals surface area contributed by atoms with Crippen LogP contribution in [0, 0.1) is 12.3 Å². The number of hydrogen-bond donors (Lipinski definition) is 0. The van der Waals surface area contributed by atoms with Crippen LogP contribution in [-0.4, -0.2) is 12.8 Å². The van der Waals surface area contributed by atoms with Crippen LogP contribution in [0.15, 0.2) is 35.3 Å². The zero-order chi connectivity index (χ0) is 8.65. The van der Waals surface area contributed by atoms with Crippen molar-refractivity contribution in [3.05, 3.63) is 35.9 Å². The van der Waals surface area contributed by atoms with Crippen molar-refractivity contribution in [2.24, 2.45) is 4.99 Å². The lowest BCUT2D eigenvalue weighted by Crippen LogP contribution is -1.85. The van der Waals surface area contributed by atoms with Crippen LogP contribution in [0.1, 0.15) is 5.56 Å². The van der Waals surface area contributed by atoms with Gasteiger partial charge in [0.1, 0.15) is 0 Å². The first kappa shape index (κ1) is 8.55. The summed E-state index contributed by atoms with van der Waals surface area (Å²) < 4.78 is 0. The Labute approximate surface area is 73.2 Å². The minimum atomic E-state index is 0.479. The molecule has 1 aromatic rings. The van der Waals surface area contributed by atoms with Gasteiger partial charge in [-0.25, -0.2) is 0 Å². The van der Waals surface area contributed by atoms with E-state index in [1.807, 2.05) is 24.4 Å². The highest BCUT2D eigenvalue weighted by Crippen LogP contribution is 1.96. The highest BCUT2D eigenvalue weighted by Gasteiger charge is 1.84. The first-order valence-corrected chi connectivity index (χ1v) is 3.89. The molecule has 0 amide bonds. The Bertz CT molecular complexity index is 280. The van der Waals surface area contributed by atoms with Gasteiger partial charge < -0.3 is 0 Å². The molecule has 0 aliphatic carbocycles. The molecule has 0 bridgehead atoms. The Morgan fingerprint density at radius 2 is 2.08 bits per heavy atom. The van der Waals surface area contributed by atoms with Crippen LogP contribution in [0.5, 0.6) is 0 Å². The van der Waals surface area contributed by atoms with Crippen LogP contribution in [0.4, 0.5) is 0 Å². The van der Waals surface area contributed by atoms with Gasteiger partial charge in [0.2, 0.25) is 0 Å². The average molecular weight is 157 g/mol. The largest absolute Gasteiger partial charge is 0.284 e. The Morgan fingerprint density at radius 1 is 1.33 bits per heavy atom. The van der Waals surface area contributed by atoms with Crippen molar-refractivity contribution in [1.82, 2.24) is 0 Å². The molecule has 1 heteroatoms. The molecule has 1 nitrogen and oxygen atoms in total. The van der Waals surface area contributed by atoms with E-state index in [0.717, 1.165) is 6.42 Å². The van der Waals surface area contributed by atoms with Crippen molar-refractivity contribution in [3.63, 3.8) is 0 Å². The van der Waals surface area contributed by atoms with E-state index in [1.165, 1.54) is 5.56 Å². The highest BCUT2D eigenvalue weighted by molar-refractivity contribution is 5.61. The summed E-state index contributed by atoms with van der Waals surface area (Å²) >= 11 is 0. The van der Waals surface area contributed by atoms with Crippen LogP contribution in [-0.2, 0) is 6.42 Å². The summed E-state index contributed by atoms with van der Waals surface area (Å²) in [5, 5.41) is 0. The van der Waals surface area contributed by atoms with Crippen LogP contribution in [0.2, 0.25) is 0 Å². The summed E-state index contributed by atoms with van der Waals surface area (Å²) in [5.74, 6) is 2.46. The lowest BCUT2D eigenvalue weighted by Gasteiger charge is -1.92. The van der Waals surface area contributed by atoms with Gasteiger partial charge in [-0.1, -0.05) is 36.3 Å². The first-order chi connectivity index (χ1) is 5.93. The molecule has 0 radical (unpaired) electrons. The predicted molar refractivity (Wildman–Crippen MR) is 52.3 cm³/mol. The summed E-state index contributed by atoms with van der Waals surface area (Å²) in [7, 11) is 0. The van der Waals surface area contributed by atoms with Crippen LogP contribution in [0.3, 0.4) is 0 Å². The average Bonchev–Trinajstić information content (AvgIpc) is 2.14. The zero-order valence-electron chi connectivity index (χ0n) is 6.90. The molecule has 0 unspecified atom stereocenters. The van der Waals surface area contributed by atoms with Crippen molar-refractivity contribution in [1.29, 1.82) is 0 Å². The predicted octanol–water partition coefficient (Wildman–Crippen LogP) is 1.93. The second-order valence-corrected chi connectivity index (χ2v) is 2.42. The number of nitrogens with zero attached hydrogens (tertiary/aromatic N) is 1. The van der Waals surface area contributed by atoms with Crippen LogP contribution < -0.4 is 0 Å². The molecule has 0 saturated carbocycles. The quantitative estimate of drug-likeness (QED) is 0.469. The molecule has 12 heavy (non-hydrogen) atoms. The van der Waals surface area contributed by atoms with Gasteiger partial charge in [-0.3, -0.25) is 4.99 Å². The van der Waals surface area contributed by atoms with Gasteiger partial charge in [0.15, 0.2) is 0 Å². The fourth-order valence-corrected chi connectivity index (χ4v) is 0.901. The van der Waals surface area contributed by atoms with Gasteiger partial charge in [-0.05, 0) is 5.56 Å². The standard InChI is InChI=1S/C11H11N/c1-2-9-12-10-8-11-6-4-3-5-7-11/h1,3-7,10H,8-9H2. The van der Waals surface area contributed by atoms with Crippen LogP contribution in [0.25, 0.3) is 0 Å². The molecular formula is C11H11N. The number of rotatable bonds is 3. The van der Waals surface area contributed by atoms with E-state index in [0.29, 0.717) is 6.54 Å². The minimum Gasteiger partial charge on any atom is -0.284 e. The lowest BCUT2D eigenvalue weighted by molar-refractivity contribution is 1.26. The molecule has 0 saturated heterocycles. The summed E-state index contributed by atoms with van der Waals surface area (Å²) in [4.78, 5) is 4.02. The Kier molecular flexibility index (Phi) is 3.67. The number of aliphatic imine (C=N–C) groups is 1. The highest BCUT2D eigenvalue weighted by atomic mass is 14.7. The van der Waals surface area contributed by atoms with E-state index in [4.69, 9.17) is 6.42 Å². The van der Waals surface area contributed by atoms with Crippen molar-refractivity contribution >= 4 is 6.21 Å². The van der Waals surface area contributed by atoms with Crippen molar-refractivity contribution in [2.45, 2.75) is 6.42 Å². The second kappa shape index (κ2) is 5.15. The van der Waals surface area contributed by atoms with E-state index < -0.39 is 0 Å².